The third-order valence-corrected chi connectivity index (χ3v) is 8.22. The number of esters is 2. The van der Waals surface area contributed by atoms with E-state index in [0.29, 0.717) is 12.8 Å². The van der Waals surface area contributed by atoms with Crippen LogP contribution < -0.4 is 0 Å². The van der Waals surface area contributed by atoms with E-state index in [0.717, 1.165) is 50.7 Å². The van der Waals surface area contributed by atoms with Crippen LogP contribution in [0.4, 0.5) is 0 Å². The third kappa shape index (κ3) is 13.0. The molecule has 1 saturated carbocycles. The minimum atomic E-state index is -1.78. The molecule has 35 heavy (non-hydrogen) atoms. The lowest BCUT2D eigenvalue weighted by Gasteiger charge is -2.31. The average Bonchev–Trinajstić information content (AvgIpc) is 3.04. The number of nitrogens with zero attached hydrogens (tertiary/aromatic N) is 1. The second-order valence-corrected chi connectivity index (χ2v) is 20.3. The van der Waals surface area contributed by atoms with Crippen LogP contribution in [0.5, 0.6) is 0 Å². The fourth-order valence-electron chi connectivity index (χ4n) is 4.87. The van der Waals surface area contributed by atoms with Crippen molar-refractivity contribution in [1.29, 1.82) is 0 Å². The lowest BCUT2D eigenvalue weighted by Crippen LogP contribution is -2.35. The predicted octanol–water partition coefficient (Wildman–Crippen LogP) is 5.53. The van der Waals surface area contributed by atoms with Gasteiger partial charge in [-0.05, 0) is 96.1 Å². The highest BCUT2D eigenvalue weighted by molar-refractivity contribution is 6.70. The molecule has 0 saturated heterocycles. The monoisotopic (exact) mass is 531 g/mol. The molecule has 8 nitrogen and oxygen atoms in total. The Bertz CT molecular complexity index is 688. The first-order valence-electron chi connectivity index (χ1n) is 12.9. The van der Waals surface area contributed by atoms with E-state index in [4.69, 9.17) is 23.2 Å². The van der Waals surface area contributed by atoms with Gasteiger partial charge in [0.05, 0.1) is 32.1 Å². The maximum absolute atomic E-state index is 12.0. The number of oxime groups is 1. The molecule has 0 aromatic rings. The molecular formula is C25H49NO7Si2. The number of rotatable bonds is 16. The van der Waals surface area contributed by atoms with E-state index in [2.05, 4.69) is 44.4 Å². The highest BCUT2D eigenvalue weighted by Crippen LogP contribution is 2.44. The van der Waals surface area contributed by atoms with Crippen molar-refractivity contribution in [1.82, 2.24) is 0 Å². The van der Waals surface area contributed by atoms with E-state index < -0.39 is 16.6 Å². The summed E-state index contributed by atoms with van der Waals surface area (Å²) in [5.74, 6) is 0.127. The van der Waals surface area contributed by atoms with Crippen molar-refractivity contribution in [3.8, 4) is 0 Å². The first-order valence-corrected chi connectivity index (χ1v) is 19.7. The molecule has 0 bridgehead atoms. The molecule has 0 aromatic carbocycles. The number of unbranched alkanes of at least 4 members (excludes halogenated alkanes) is 1. The van der Waals surface area contributed by atoms with Gasteiger partial charge in [-0.2, -0.15) is 0 Å². The van der Waals surface area contributed by atoms with E-state index >= 15 is 0 Å². The molecule has 204 valence electrons. The predicted molar refractivity (Wildman–Crippen MR) is 143 cm³/mol. The van der Waals surface area contributed by atoms with Crippen molar-refractivity contribution in [2.75, 3.05) is 21.3 Å². The molecule has 0 radical (unpaired) electrons. The molecule has 0 heterocycles. The van der Waals surface area contributed by atoms with Crippen molar-refractivity contribution < 1.29 is 32.8 Å². The van der Waals surface area contributed by atoms with E-state index in [1.165, 1.54) is 14.2 Å². The van der Waals surface area contributed by atoms with Gasteiger partial charge >= 0.3 is 11.9 Å². The zero-order valence-electron chi connectivity index (χ0n) is 23.5. The number of carbonyl (C=O) groups excluding carboxylic acids is 2. The maximum atomic E-state index is 12.0. The van der Waals surface area contributed by atoms with Crippen LogP contribution in [0.25, 0.3) is 0 Å². The number of methoxy groups -OCH3 is 2. The van der Waals surface area contributed by atoms with E-state index in [9.17, 15) is 9.59 Å². The van der Waals surface area contributed by atoms with Crippen LogP contribution in [0, 0.1) is 11.8 Å². The quantitative estimate of drug-likeness (QED) is 0.0849. The Hall–Kier alpha value is -1.24. The minimum absolute atomic E-state index is 0.0838. The van der Waals surface area contributed by atoms with Crippen molar-refractivity contribution in [3.63, 3.8) is 0 Å². The van der Waals surface area contributed by atoms with Gasteiger partial charge in [0.1, 0.15) is 7.11 Å². The smallest absolute Gasteiger partial charge is 0.305 e. The van der Waals surface area contributed by atoms with Gasteiger partial charge in [-0.3, -0.25) is 9.59 Å². The number of ether oxygens (including phenoxy) is 2. The first kappa shape index (κ1) is 31.8. The van der Waals surface area contributed by atoms with Crippen LogP contribution in [0.3, 0.4) is 0 Å². The second kappa shape index (κ2) is 15.1. The highest BCUT2D eigenvalue weighted by atomic mass is 28.4. The zero-order valence-corrected chi connectivity index (χ0v) is 25.5. The summed E-state index contributed by atoms with van der Waals surface area (Å²) < 4.78 is 23.0. The van der Waals surface area contributed by atoms with Gasteiger partial charge in [-0.25, -0.2) is 0 Å². The Labute approximate surface area is 214 Å². The van der Waals surface area contributed by atoms with Gasteiger partial charge in [0, 0.05) is 12.8 Å². The summed E-state index contributed by atoms with van der Waals surface area (Å²) in [6, 6.07) is 0. The summed E-state index contributed by atoms with van der Waals surface area (Å²) in [6.45, 7) is 13.3. The fraction of sp³-hybridized carbons (Fsp3) is 0.880. The normalized spacial score (nSPS) is 23.3. The third-order valence-electron chi connectivity index (χ3n) is 6.20. The molecule has 4 atom stereocenters. The molecule has 0 N–H and O–H groups in total. The Morgan fingerprint density at radius 3 is 1.63 bits per heavy atom. The molecule has 1 rings (SSSR count). The molecule has 1 aliphatic rings. The topological polar surface area (TPSA) is 92.7 Å². The molecule has 0 unspecified atom stereocenters. The Kier molecular flexibility index (Phi) is 13.7. The van der Waals surface area contributed by atoms with E-state index in [1.54, 1.807) is 7.11 Å². The molecule has 10 heteroatoms. The summed E-state index contributed by atoms with van der Waals surface area (Å²) in [5.41, 5.74) is 0.991. The van der Waals surface area contributed by atoms with Crippen LogP contribution in [-0.2, 0) is 32.8 Å². The van der Waals surface area contributed by atoms with Crippen LogP contribution in [0.2, 0.25) is 39.3 Å². The lowest BCUT2D eigenvalue weighted by atomic mass is 9.85. The van der Waals surface area contributed by atoms with E-state index in [1.807, 2.05) is 0 Å². The summed E-state index contributed by atoms with van der Waals surface area (Å²) >= 11 is 0. The van der Waals surface area contributed by atoms with Gasteiger partial charge in [-0.1, -0.05) is 5.16 Å². The summed E-state index contributed by atoms with van der Waals surface area (Å²) in [5, 5.41) is 4.28. The van der Waals surface area contributed by atoms with Crippen molar-refractivity contribution in [2.45, 2.75) is 109 Å². The number of hydrogen-bond donors (Lipinski definition) is 0. The van der Waals surface area contributed by atoms with Crippen LogP contribution in [-0.4, -0.2) is 67.8 Å². The molecule has 1 fully saturated rings. The molecular weight excluding hydrogens is 482 g/mol. The lowest BCUT2D eigenvalue weighted by molar-refractivity contribution is -0.141. The second-order valence-electron chi connectivity index (χ2n) is 11.4. The largest absolute Gasteiger partial charge is 0.469 e. The summed E-state index contributed by atoms with van der Waals surface area (Å²) in [4.78, 5) is 28.5. The Morgan fingerprint density at radius 1 is 0.714 bits per heavy atom. The Morgan fingerprint density at radius 2 is 1.17 bits per heavy atom. The average molecular weight is 532 g/mol. The van der Waals surface area contributed by atoms with Gasteiger partial charge in [-0.15, -0.1) is 0 Å². The van der Waals surface area contributed by atoms with Crippen molar-refractivity contribution in [2.24, 2.45) is 17.0 Å². The van der Waals surface area contributed by atoms with Crippen molar-refractivity contribution in [3.05, 3.63) is 0 Å². The molecule has 0 spiro atoms. The maximum Gasteiger partial charge on any atom is 0.305 e. The molecule has 0 aliphatic heterocycles. The Balaban J connectivity index is 3.00. The van der Waals surface area contributed by atoms with Crippen LogP contribution >= 0.6 is 0 Å². The van der Waals surface area contributed by atoms with Gasteiger partial charge < -0.3 is 23.2 Å². The summed E-state index contributed by atoms with van der Waals surface area (Å²) in [7, 11) is 0.860. The van der Waals surface area contributed by atoms with E-state index in [-0.39, 0.29) is 36.0 Å². The van der Waals surface area contributed by atoms with Gasteiger partial charge in [0.15, 0.2) is 16.6 Å². The molecule has 1 aliphatic carbocycles. The summed E-state index contributed by atoms with van der Waals surface area (Å²) in [6.07, 6.45) is 6.65. The van der Waals surface area contributed by atoms with Crippen LogP contribution in [0.15, 0.2) is 5.16 Å². The minimum Gasteiger partial charge on any atom is -0.469 e. The van der Waals surface area contributed by atoms with Gasteiger partial charge in [0.2, 0.25) is 0 Å². The standard InChI is InChI=1S/C25H49NO7Si2/c1-29-24(27)13-11-10-12-19(26-31-3)14-15-20-21(16-17-25(28)30-2)23(33-35(7,8)9)18-22(20)32-34(4,5)6/h20-23H,10-18H2,1-9H3/b26-19-/t20-,21-,22+,23+/m1/s1. The SMILES string of the molecule is CO/N=C(/CCCCC(=O)OC)CC[C@@H]1[C@@H](CCC(=O)OC)[C@@H](O[Si](C)(C)C)C[C@@H]1O[Si](C)(C)C. The fourth-order valence-corrected chi connectivity index (χ4v) is 7.23. The van der Waals surface area contributed by atoms with Gasteiger partial charge in [0.25, 0.3) is 0 Å². The van der Waals surface area contributed by atoms with Crippen LogP contribution in [0.1, 0.15) is 57.8 Å². The van der Waals surface area contributed by atoms with Crippen molar-refractivity contribution >= 4 is 34.3 Å². The first-order chi connectivity index (χ1) is 16.3. The zero-order chi connectivity index (χ0) is 26.6. The number of hydrogen-bond acceptors (Lipinski definition) is 8. The highest BCUT2D eigenvalue weighted by Gasteiger charge is 2.46. The molecule has 0 aromatic heterocycles. The molecule has 0 amide bonds. The number of carbonyl (C=O) groups is 2.